The van der Waals surface area contributed by atoms with Gasteiger partial charge in [-0.05, 0) is 45.3 Å². The first-order valence-corrected chi connectivity index (χ1v) is 18.1. The van der Waals surface area contributed by atoms with Crippen molar-refractivity contribution in [2.24, 2.45) is 5.73 Å². The summed E-state index contributed by atoms with van der Waals surface area (Å²) in [5.41, 5.74) is 6.49. The Kier molecular flexibility index (Phi) is 16.3. The van der Waals surface area contributed by atoms with Gasteiger partial charge in [0.2, 0.25) is 0 Å². The summed E-state index contributed by atoms with van der Waals surface area (Å²) in [5.74, 6) is 0.585. The highest BCUT2D eigenvalue weighted by Crippen LogP contribution is 2.40. The molecule has 0 radical (unpaired) electrons. The van der Waals surface area contributed by atoms with Crippen molar-refractivity contribution in [3.63, 3.8) is 0 Å². The maximum Gasteiger partial charge on any atom is 0.167 e. The summed E-state index contributed by atoms with van der Waals surface area (Å²) in [6.45, 7) is 9.68. The lowest BCUT2D eigenvalue weighted by Crippen LogP contribution is -2.31. The molecule has 0 amide bonds. The lowest BCUT2D eigenvalue weighted by molar-refractivity contribution is -0.0353. The first kappa shape index (κ1) is 35.8. The number of hydrogen-bond donors (Lipinski definition) is 4. The summed E-state index contributed by atoms with van der Waals surface area (Å²) in [7, 11) is 0. The monoisotopic (exact) mass is 630 g/mol. The number of hydrogen-bond acceptors (Lipinski definition) is 13. The van der Waals surface area contributed by atoms with Gasteiger partial charge in [0.25, 0.3) is 0 Å². The van der Waals surface area contributed by atoms with E-state index in [2.05, 4.69) is 39.9 Å². The minimum Gasteiger partial charge on any atom is -0.388 e. The number of nitrogens with one attached hydrogen (secondary N) is 1. The number of nitrogens with zero attached hydrogens (tertiary/aromatic N) is 4. The predicted molar refractivity (Wildman–Crippen MR) is 167 cm³/mol. The number of anilines is 1. The first-order chi connectivity index (χ1) is 20.8. The van der Waals surface area contributed by atoms with E-state index < -0.39 is 31.4 Å². The molecule has 0 aliphatic carbocycles. The SMILES string of the molecule is C=P(C)(C)CCC1O[C@@H](n2cnc3c(NCCCOCCOCCOCCOCCOCCCN)ncnc32)[C@H](O)[C@@H]1O. The van der Waals surface area contributed by atoms with Crippen LogP contribution < -0.4 is 11.1 Å². The molecule has 3 heterocycles. The third-order valence-electron chi connectivity index (χ3n) is 6.73. The van der Waals surface area contributed by atoms with Gasteiger partial charge in [-0.3, -0.25) is 4.57 Å². The minimum atomic E-state index is -1.27. The Hall–Kier alpha value is -1.71. The molecule has 1 aliphatic rings. The second-order valence-corrected chi connectivity index (χ2v) is 15.3. The van der Waals surface area contributed by atoms with Crippen LogP contribution in [0.2, 0.25) is 0 Å². The average molecular weight is 631 g/mol. The van der Waals surface area contributed by atoms with Gasteiger partial charge in [0, 0.05) is 19.8 Å². The number of aliphatic hydroxyl groups is 2. The molecule has 0 saturated carbocycles. The van der Waals surface area contributed by atoms with Crippen molar-refractivity contribution >= 4 is 30.2 Å². The maximum absolute atomic E-state index is 10.7. The first-order valence-electron chi connectivity index (χ1n) is 15.0. The van der Waals surface area contributed by atoms with E-state index in [1.165, 1.54) is 6.33 Å². The van der Waals surface area contributed by atoms with Gasteiger partial charge in [0.15, 0.2) is 23.2 Å². The second-order valence-electron chi connectivity index (χ2n) is 11.0. The van der Waals surface area contributed by atoms with Crippen LogP contribution in [-0.4, -0.2) is 153 Å². The van der Waals surface area contributed by atoms with Crippen LogP contribution in [0.1, 0.15) is 25.5 Å². The van der Waals surface area contributed by atoms with Gasteiger partial charge in [-0.15, -0.1) is 13.2 Å². The zero-order valence-corrected chi connectivity index (χ0v) is 26.5. The molecule has 3 rings (SSSR count). The van der Waals surface area contributed by atoms with Crippen LogP contribution in [0.15, 0.2) is 12.7 Å². The topological polar surface area (TPSA) is 177 Å². The van der Waals surface area contributed by atoms with Gasteiger partial charge in [0.1, 0.15) is 18.5 Å². The van der Waals surface area contributed by atoms with Gasteiger partial charge in [-0.1, -0.05) is 0 Å². The molecular weight excluding hydrogens is 579 g/mol. The molecule has 0 spiro atoms. The van der Waals surface area contributed by atoms with E-state index in [4.69, 9.17) is 34.2 Å². The van der Waals surface area contributed by atoms with Crippen molar-refractivity contribution in [1.82, 2.24) is 19.5 Å². The van der Waals surface area contributed by atoms with Gasteiger partial charge in [0.05, 0.1) is 65.3 Å². The number of aliphatic hydroxyl groups excluding tert-OH is 2. The molecule has 2 aromatic heterocycles. The fourth-order valence-corrected chi connectivity index (χ4v) is 5.34. The van der Waals surface area contributed by atoms with Crippen LogP contribution in [0.4, 0.5) is 5.82 Å². The van der Waals surface area contributed by atoms with Crippen LogP contribution in [0.25, 0.3) is 11.2 Å². The van der Waals surface area contributed by atoms with Gasteiger partial charge in [-0.25, -0.2) is 15.0 Å². The number of rotatable bonds is 24. The quantitative estimate of drug-likeness (QED) is 0.0946. The maximum atomic E-state index is 10.7. The summed E-state index contributed by atoms with van der Waals surface area (Å²) < 4.78 is 35.1. The second kappa shape index (κ2) is 19.6. The number of imidazole rings is 1. The van der Waals surface area contributed by atoms with E-state index in [0.717, 1.165) is 19.0 Å². The van der Waals surface area contributed by atoms with Crippen LogP contribution >= 0.6 is 6.89 Å². The molecule has 43 heavy (non-hydrogen) atoms. The molecule has 14 nitrogen and oxygen atoms in total. The highest BCUT2D eigenvalue weighted by atomic mass is 31.2. The van der Waals surface area contributed by atoms with E-state index >= 15 is 0 Å². The van der Waals surface area contributed by atoms with E-state index in [-0.39, 0.29) is 0 Å². The molecule has 1 fully saturated rings. The molecule has 0 bridgehead atoms. The molecule has 5 N–H and O–H groups in total. The van der Waals surface area contributed by atoms with E-state index in [0.29, 0.717) is 103 Å². The summed E-state index contributed by atoms with van der Waals surface area (Å²) >= 11 is 0. The number of ether oxygens (including phenoxy) is 6. The van der Waals surface area contributed by atoms with Crippen LogP contribution in [0.5, 0.6) is 0 Å². The number of fused-ring (bicyclic) bond motifs is 1. The third kappa shape index (κ3) is 12.7. The van der Waals surface area contributed by atoms with Crippen LogP contribution in [-0.2, 0) is 28.4 Å². The third-order valence-corrected chi connectivity index (χ3v) is 8.20. The highest BCUT2D eigenvalue weighted by Gasteiger charge is 2.44. The summed E-state index contributed by atoms with van der Waals surface area (Å²) in [6, 6.07) is 0. The summed E-state index contributed by atoms with van der Waals surface area (Å²) in [6.07, 6.45) is 7.04. The number of aromatic nitrogens is 4. The molecule has 2 aromatic rings. The van der Waals surface area contributed by atoms with E-state index in [1.807, 2.05) is 0 Å². The highest BCUT2D eigenvalue weighted by molar-refractivity contribution is 7.72. The Labute approximate surface area is 254 Å². The Morgan fingerprint density at radius 3 is 2.05 bits per heavy atom. The van der Waals surface area contributed by atoms with Crippen molar-refractivity contribution in [3.05, 3.63) is 12.7 Å². The zero-order chi connectivity index (χ0) is 30.9. The van der Waals surface area contributed by atoms with Crippen molar-refractivity contribution in [2.45, 2.75) is 43.8 Å². The zero-order valence-electron chi connectivity index (χ0n) is 25.6. The van der Waals surface area contributed by atoms with Gasteiger partial charge in [-0.2, -0.15) is 0 Å². The molecular formula is C28H51N6O8P. The molecule has 15 heteroatoms. The Morgan fingerprint density at radius 1 is 0.884 bits per heavy atom. The Morgan fingerprint density at radius 2 is 1.47 bits per heavy atom. The lowest BCUT2D eigenvalue weighted by Gasteiger charge is -2.18. The summed E-state index contributed by atoms with van der Waals surface area (Å²) in [5, 5.41) is 24.6. The molecule has 1 saturated heterocycles. The average Bonchev–Trinajstić information content (AvgIpc) is 3.53. The Bertz CT molecular complexity index is 1090. The fourth-order valence-electron chi connectivity index (χ4n) is 4.39. The minimum absolute atomic E-state index is 0.468. The molecule has 1 unspecified atom stereocenters. The molecule has 246 valence electrons. The van der Waals surface area contributed by atoms with E-state index in [9.17, 15) is 10.2 Å². The van der Waals surface area contributed by atoms with Crippen molar-refractivity contribution in [3.8, 4) is 0 Å². The Balaban J connectivity index is 1.25. The normalized spacial score (nSPS) is 20.8. The van der Waals surface area contributed by atoms with E-state index in [1.54, 1.807) is 10.9 Å². The van der Waals surface area contributed by atoms with Crippen molar-refractivity contribution in [2.75, 3.05) is 104 Å². The van der Waals surface area contributed by atoms with Crippen LogP contribution in [0.3, 0.4) is 0 Å². The van der Waals surface area contributed by atoms with Gasteiger partial charge >= 0.3 is 0 Å². The van der Waals surface area contributed by atoms with Gasteiger partial charge < -0.3 is 49.7 Å². The molecule has 4 atom stereocenters. The molecule has 0 aromatic carbocycles. The number of nitrogens with two attached hydrogens (primary N) is 1. The fraction of sp³-hybridized carbons (Fsp3) is 0.786. The largest absolute Gasteiger partial charge is 0.388 e. The molecule has 1 aliphatic heterocycles. The lowest BCUT2D eigenvalue weighted by atomic mass is 10.1. The summed E-state index contributed by atoms with van der Waals surface area (Å²) in [4.78, 5) is 13.1. The standard InChI is InChI=1S/C28H51N6O8P/c1-43(2,3)19-6-22-24(35)25(36)28(42-22)34-21-33-23-26(31-20-32-27(23)34)30-8-5-10-38-12-14-40-16-18-41-17-15-39-13-11-37-9-4-7-29/h20-22,24-25,28,35-36H,1,4-19,29H2,2-3H3,(H,30,31,32)/t22?,24-,25-,28-/m1/s1. The smallest absolute Gasteiger partial charge is 0.167 e. The van der Waals surface area contributed by atoms with Crippen molar-refractivity contribution < 1.29 is 38.6 Å². The predicted octanol–water partition coefficient (Wildman–Crippen LogP) is 0.779. The van der Waals surface area contributed by atoms with Crippen molar-refractivity contribution in [1.29, 1.82) is 0 Å². The van der Waals surface area contributed by atoms with Crippen LogP contribution in [0, 0.1) is 0 Å².